The standard InChI is InChI=1S/C13H22N2O2/c1-5-13(14,9-16-4)11-6-12(8-15-7-11)17-10(2)3/h6-8,10H,5,9,14H2,1-4H3. The molecule has 0 saturated carbocycles. The molecule has 0 saturated heterocycles. The number of ether oxygens (including phenoxy) is 2. The molecule has 0 radical (unpaired) electrons. The second kappa shape index (κ2) is 5.98. The number of hydrogen-bond acceptors (Lipinski definition) is 4. The molecule has 0 aliphatic heterocycles. The summed E-state index contributed by atoms with van der Waals surface area (Å²) in [6, 6.07) is 1.94. The molecule has 1 aromatic rings. The van der Waals surface area contributed by atoms with E-state index in [4.69, 9.17) is 15.2 Å². The number of rotatable bonds is 6. The zero-order valence-electron chi connectivity index (χ0n) is 11.1. The van der Waals surface area contributed by atoms with Crippen molar-refractivity contribution in [2.24, 2.45) is 5.73 Å². The van der Waals surface area contributed by atoms with Crippen LogP contribution < -0.4 is 10.5 Å². The molecule has 0 spiro atoms. The van der Waals surface area contributed by atoms with Crippen molar-refractivity contribution in [3.63, 3.8) is 0 Å². The van der Waals surface area contributed by atoms with Gasteiger partial charge in [0.05, 0.1) is 24.4 Å². The highest BCUT2D eigenvalue weighted by molar-refractivity contribution is 5.29. The normalized spacial score (nSPS) is 14.7. The van der Waals surface area contributed by atoms with Gasteiger partial charge < -0.3 is 15.2 Å². The molecule has 1 atom stereocenters. The molecule has 0 aliphatic carbocycles. The summed E-state index contributed by atoms with van der Waals surface area (Å²) in [5, 5.41) is 0. The van der Waals surface area contributed by atoms with Crippen LogP contribution in [0.3, 0.4) is 0 Å². The van der Waals surface area contributed by atoms with Gasteiger partial charge >= 0.3 is 0 Å². The molecule has 0 bridgehead atoms. The monoisotopic (exact) mass is 238 g/mol. The summed E-state index contributed by atoms with van der Waals surface area (Å²) >= 11 is 0. The van der Waals surface area contributed by atoms with Gasteiger partial charge in [-0.2, -0.15) is 0 Å². The van der Waals surface area contributed by atoms with Crippen LogP contribution in [0.2, 0.25) is 0 Å². The molecule has 0 amide bonds. The topological polar surface area (TPSA) is 57.4 Å². The maximum absolute atomic E-state index is 6.31. The first kappa shape index (κ1) is 13.9. The molecular formula is C13H22N2O2. The Morgan fingerprint density at radius 3 is 2.65 bits per heavy atom. The van der Waals surface area contributed by atoms with Crippen LogP contribution in [0, 0.1) is 0 Å². The van der Waals surface area contributed by atoms with Crippen molar-refractivity contribution in [2.75, 3.05) is 13.7 Å². The van der Waals surface area contributed by atoms with Crippen molar-refractivity contribution in [1.82, 2.24) is 4.98 Å². The Labute approximate surface area is 103 Å². The second-order valence-electron chi connectivity index (χ2n) is 4.52. The summed E-state index contributed by atoms with van der Waals surface area (Å²) in [5.74, 6) is 0.747. The maximum Gasteiger partial charge on any atom is 0.138 e. The summed E-state index contributed by atoms with van der Waals surface area (Å²) < 4.78 is 10.8. The van der Waals surface area contributed by atoms with Crippen molar-refractivity contribution < 1.29 is 9.47 Å². The summed E-state index contributed by atoms with van der Waals surface area (Å²) in [4.78, 5) is 4.17. The first-order chi connectivity index (χ1) is 8.01. The highest BCUT2D eigenvalue weighted by Gasteiger charge is 2.26. The van der Waals surface area contributed by atoms with E-state index in [2.05, 4.69) is 4.98 Å². The van der Waals surface area contributed by atoms with E-state index in [-0.39, 0.29) is 6.10 Å². The van der Waals surface area contributed by atoms with E-state index < -0.39 is 5.54 Å². The Bertz CT molecular complexity index is 355. The summed E-state index contributed by atoms with van der Waals surface area (Å²) in [5.41, 5.74) is 6.75. The number of hydrogen-bond donors (Lipinski definition) is 1. The number of methoxy groups -OCH3 is 1. The largest absolute Gasteiger partial charge is 0.489 e. The van der Waals surface area contributed by atoms with Gasteiger partial charge in [-0.3, -0.25) is 4.98 Å². The molecule has 96 valence electrons. The van der Waals surface area contributed by atoms with Crippen molar-refractivity contribution in [3.05, 3.63) is 24.0 Å². The molecule has 4 nitrogen and oxygen atoms in total. The molecule has 2 N–H and O–H groups in total. The average molecular weight is 238 g/mol. The van der Waals surface area contributed by atoms with Crippen molar-refractivity contribution in [3.8, 4) is 5.75 Å². The molecule has 4 heteroatoms. The molecule has 0 aromatic carbocycles. The van der Waals surface area contributed by atoms with Crippen molar-refractivity contribution in [1.29, 1.82) is 0 Å². The van der Waals surface area contributed by atoms with Crippen molar-refractivity contribution in [2.45, 2.75) is 38.8 Å². The summed E-state index contributed by atoms with van der Waals surface area (Å²) in [7, 11) is 1.65. The van der Waals surface area contributed by atoms with E-state index in [1.807, 2.05) is 26.8 Å². The van der Waals surface area contributed by atoms with Crippen LogP contribution in [0.1, 0.15) is 32.8 Å². The lowest BCUT2D eigenvalue weighted by Crippen LogP contribution is -2.40. The van der Waals surface area contributed by atoms with Crippen LogP contribution in [-0.4, -0.2) is 24.8 Å². The van der Waals surface area contributed by atoms with E-state index in [1.54, 1.807) is 19.5 Å². The number of pyridine rings is 1. The number of nitrogens with two attached hydrogens (primary N) is 1. The lowest BCUT2D eigenvalue weighted by molar-refractivity contribution is 0.128. The Balaban J connectivity index is 2.96. The molecule has 0 aliphatic rings. The highest BCUT2D eigenvalue weighted by Crippen LogP contribution is 2.25. The van der Waals surface area contributed by atoms with Gasteiger partial charge in [0.15, 0.2) is 0 Å². The first-order valence-electron chi connectivity index (χ1n) is 5.92. The van der Waals surface area contributed by atoms with Gasteiger partial charge in [0.25, 0.3) is 0 Å². The Kier molecular flexibility index (Phi) is 4.90. The zero-order chi connectivity index (χ0) is 12.9. The minimum atomic E-state index is -0.502. The molecule has 1 aromatic heterocycles. The number of aromatic nitrogens is 1. The van der Waals surface area contributed by atoms with Crippen molar-refractivity contribution >= 4 is 0 Å². The molecular weight excluding hydrogens is 216 g/mol. The van der Waals surface area contributed by atoms with Crippen LogP contribution in [0.25, 0.3) is 0 Å². The maximum atomic E-state index is 6.31. The summed E-state index contributed by atoms with van der Waals surface area (Å²) in [6.07, 6.45) is 4.39. The summed E-state index contributed by atoms with van der Waals surface area (Å²) in [6.45, 7) is 6.47. The quantitative estimate of drug-likeness (QED) is 0.824. The Morgan fingerprint density at radius 1 is 1.41 bits per heavy atom. The van der Waals surface area contributed by atoms with Crippen LogP contribution >= 0.6 is 0 Å². The third-order valence-electron chi connectivity index (χ3n) is 2.69. The SMILES string of the molecule is CCC(N)(COC)c1cncc(OC(C)C)c1. The van der Waals surface area contributed by atoms with Crippen LogP contribution in [0.4, 0.5) is 0 Å². The lowest BCUT2D eigenvalue weighted by Gasteiger charge is -2.27. The van der Waals surface area contributed by atoms with Gasteiger partial charge in [-0.05, 0) is 31.9 Å². The van der Waals surface area contributed by atoms with Crippen LogP contribution in [0.5, 0.6) is 5.75 Å². The first-order valence-corrected chi connectivity index (χ1v) is 5.92. The van der Waals surface area contributed by atoms with Gasteiger partial charge in [0.2, 0.25) is 0 Å². The Morgan fingerprint density at radius 2 is 2.12 bits per heavy atom. The van der Waals surface area contributed by atoms with Gasteiger partial charge in [-0.1, -0.05) is 6.92 Å². The molecule has 1 rings (SSSR count). The fraction of sp³-hybridized carbons (Fsp3) is 0.615. The minimum absolute atomic E-state index is 0.128. The highest BCUT2D eigenvalue weighted by atomic mass is 16.5. The van der Waals surface area contributed by atoms with Gasteiger partial charge in [0, 0.05) is 13.3 Å². The van der Waals surface area contributed by atoms with E-state index in [0.29, 0.717) is 6.61 Å². The smallest absolute Gasteiger partial charge is 0.138 e. The van der Waals surface area contributed by atoms with E-state index in [9.17, 15) is 0 Å². The second-order valence-corrected chi connectivity index (χ2v) is 4.52. The van der Waals surface area contributed by atoms with E-state index in [1.165, 1.54) is 0 Å². The van der Waals surface area contributed by atoms with Gasteiger partial charge in [-0.15, -0.1) is 0 Å². The zero-order valence-corrected chi connectivity index (χ0v) is 11.1. The molecule has 1 unspecified atom stereocenters. The number of nitrogens with zero attached hydrogens (tertiary/aromatic N) is 1. The fourth-order valence-electron chi connectivity index (χ4n) is 1.67. The fourth-order valence-corrected chi connectivity index (χ4v) is 1.67. The average Bonchev–Trinajstić information content (AvgIpc) is 2.28. The minimum Gasteiger partial charge on any atom is -0.489 e. The molecule has 17 heavy (non-hydrogen) atoms. The lowest BCUT2D eigenvalue weighted by atomic mass is 9.90. The van der Waals surface area contributed by atoms with Gasteiger partial charge in [0.1, 0.15) is 5.75 Å². The third-order valence-corrected chi connectivity index (χ3v) is 2.69. The molecule has 1 heterocycles. The Hall–Kier alpha value is -1.13. The van der Waals surface area contributed by atoms with E-state index >= 15 is 0 Å². The van der Waals surface area contributed by atoms with Crippen LogP contribution in [-0.2, 0) is 10.3 Å². The third kappa shape index (κ3) is 3.68. The predicted octanol–water partition coefficient (Wildman–Crippen LogP) is 2.08. The van der Waals surface area contributed by atoms with E-state index in [0.717, 1.165) is 17.7 Å². The van der Waals surface area contributed by atoms with Gasteiger partial charge in [-0.25, -0.2) is 0 Å². The molecule has 0 fully saturated rings. The van der Waals surface area contributed by atoms with Crippen LogP contribution in [0.15, 0.2) is 18.5 Å². The predicted molar refractivity (Wildman–Crippen MR) is 68.0 cm³/mol.